The van der Waals surface area contributed by atoms with Crippen molar-refractivity contribution in [1.82, 2.24) is 0 Å². The van der Waals surface area contributed by atoms with Crippen LogP contribution in [0, 0.1) is 6.92 Å². The maximum absolute atomic E-state index is 13.3. The molecule has 0 heterocycles. The summed E-state index contributed by atoms with van der Waals surface area (Å²) >= 11 is 0. The van der Waals surface area contributed by atoms with Crippen LogP contribution in [0.5, 0.6) is 0 Å². The highest BCUT2D eigenvalue weighted by Gasteiger charge is 2.27. The molecule has 0 aliphatic carbocycles. The summed E-state index contributed by atoms with van der Waals surface area (Å²) in [5, 5.41) is 2.66. The summed E-state index contributed by atoms with van der Waals surface area (Å²) in [4.78, 5) is 24.9. The molecular weight excluding hydrogens is 428 g/mol. The highest BCUT2D eigenvalue weighted by molar-refractivity contribution is 7.92. The molecule has 0 aliphatic rings. The third-order valence-corrected chi connectivity index (χ3v) is 6.35. The number of carbonyl (C=O) groups is 2. The van der Waals surface area contributed by atoms with Gasteiger partial charge in [0.05, 0.1) is 22.8 Å². The van der Waals surface area contributed by atoms with Crippen molar-refractivity contribution < 1.29 is 22.7 Å². The van der Waals surface area contributed by atoms with Gasteiger partial charge in [-0.3, -0.25) is 9.10 Å². The smallest absolute Gasteiger partial charge is 0.338 e. The van der Waals surface area contributed by atoms with Crippen molar-refractivity contribution in [1.29, 1.82) is 0 Å². The summed E-state index contributed by atoms with van der Waals surface area (Å²) < 4.78 is 32.7. The molecule has 32 heavy (non-hydrogen) atoms. The Morgan fingerprint density at radius 2 is 1.66 bits per heavy atom. The fraction of sp³-hybridized carbons (Fsp3) is 0.167. The first kappa shape index (κ1) is 23.0. The molecule has 0 saturated carbocycles. The zero-order valence-corrected chi connectivity index (χ0v) is 18.6. The first-order valence-corrected chi connectivity index (χ1v) is 11.5. The van der Waals surface area contributed by atoms with Crippen LogP contribution in [0.25, 0.3) is 0 Å². The quantitative estimate of drug-likeness (QED) is 0.522. The first-order valence-electron chi connectivity index (χ1n) is 10.0. The first-order chi connectivity index (χ1) is 15.3. The van der Waals surface area contributed by atoms with Crippen molar-refractivity contribution in [3.05, 3.63) is 90.0 Å². The minimum atomic E-state index is -3.99. The summed E-state index contributed by atoms with van der Waals surface area (Å²) in [7, 11) is -3.99. The average molecular weight is 453 g/mol. The largest absolute Gasteiger partial charge is 0.462 e. The SMILES string of the molecule is CCOC(=O)c1cccc(NC(=O)CN(c2cccc(C)c2)S(=O)(=O)c2ccccc2)c1. The van der Waals surface area contributed by atoms with Gasteiger partial charge < -0.3 is 10.1 Å². The molecule has 0 unspecified atom stereocenters. The van der Waals surface area contributed by atoms with Crippen LogP contribution >= 0.6 is 0 Å². The number of amides is 1. The standard InChI is InChI=1S/C24H24N2O5S/c1-3-31-24(28)19-10-8-11-20(16-19)25-23(27)17-26(21-12-7-9-18(2)15-21)32(29,30)22-13-5-4-6-14-22/h4-16H,3,17H2,1-2H3,(H,25,27). The molecule has 0 bridgehead atoms. The van der Waals surface area contributed by atoms with Gasteiger partial charge in [-0.05, 0) is 61.9 Å². The van der Waals surface area contributed by atoms with Crippen molar-refractivity contribution in [2.24, 2.45) is 0 Å². The molecule has 0 aliphatic heterocycles. The van der Waals surface area contributed by atoms with Crippen molar-refractivity contribution in [3.8, 4) is 0 Å². The molecule has 1 N–H and O–H groups in total. The van der Waals surface area contributed by atoms with Crippen LogP contribution in [0.2, 0.25) is 0 Å². The minimum Gasteiger partial charge on any atom is -0.462 e. The van der Waals surface area contributed by atoms with Crippen LogP contribution in [0.4, 0.5) is 11.4 Å². The highest BCUT2D eigenvalue weighted by atomic mass is 32.2. The van der Waals surface area contributed by atoms with Gasteiger partial charge >= 0.3 is 5.97 Å². The summed E-state index contributed by atoms with van der Waals surface area (Å²) in [6.07, 6.45) is 0. The number of hydrogen-bond acceptors (Lipinski definition) is 5. The van der Waals surface area contributed by atoms with E-state index in [0.29, 0.717) is 11.4 Å². The van der Waals surface area contributed by atoms with E-state index in [-0.39, 0.29) is 17.1 Å². The summed E-state index contributed by atoms with van der Waals surface area (Å²) in [5.41, 5.74) is 1.89. The molecule has 3 aromatic rings. The molecule has 8 heteroatoms. The van der Waals surface area contributed by atoms with Gasteiger partial charge in [-0.1, -0.05) is 36.4 Å². The lowest BCUT2D eigenvalue weighted by molar-refractivity contribution is -0.114. The van der Waals surface area contributed by atoms with E-state index in [1.165, 1.54) is 18.2 Å². The van der Waals surface area contributed by atoms with Crippen LogP contribution in [0.1, 0.15) is 22.8 Å². The topological polar surface area (TPSA) is 92.8 Å². The molecule has 0 aromatic heterocycles. The number of esters is 1. The maximum Gasteiger partial charge on any atom is 0.338 e. The van der Waals surface area contributed by atoms with Crippen LogP contribution in [0.15, 0.2) is 83.8 Å². The molecule has 1 amide bonds. The van der Waals surface area contributed by atoms with Crippen molar-refractivity contribution >= 4 is 33.3 Å². The van der Waals surface area contributed by atoms with Gasteiger partial charge in [-0.25, -0.2) is 13.2 Å². The Balaban J connectivity index is 1.88. The Hall–Kier alpha value is -3.65. The van der Waals surface area contributed by atoms with E-state index in [9.17, 15) is 18.0 Å². The van der Waals surface area contributed by atoms with Crippen molar-refractivity contribution in [2.75, 3.05) is 22.8 Å². The predicted molar refractivity (Wildman–Crippen MR) is 123 cm³/mol. The fourth-order valence-electron chi connectivity index (χ4n) is 3.09. The molecule has 3 rings (SSSR count). The van der Waals surface area contributed by atoms with Gasteiger partial charge in [0.1, 0.15) is 6.54 Å². The Morgan fingerprint density at radius 3 is 2.34 bits per heavy atom. The Morgan fingerprint density at radius 1 is 0.938 bits per heavy atom. The van der Waals surface area contributed by atoms with Crippen molar-refractivity contribution in [3.63, 3.8) is 0 Å². The second-order valence-corrected chi connectivity index (χ2v) is 8.88. The number of carbonyl (C=O) groups excluding carboxylic acids is 2. The van der Waals surface area contributed by atoms with Gasteiger partial charge in [-0.15, -0.1) is 0 Å². The van der Waals surface area contributed by atoms with E-state index in [0.717, 1.165) is 9.87 Å². The van der Waals surface area contributed by atoms with Crippen molar-refractivity contribution in [2.45, 2.75) is 18.7 Å². The number of sulfonamides is 1. The van der Waals surface area contributed by atoms with Gasteiger partial charge in [0.25, 0.3) is 10.0 Å². The zero-order valence-electron chi connectivity index (χ0n) is 17.8. The number of ether oxygens (including phenoxy) is 1. The summed E-state index contributed by atoms with van der Waals surface area (Å²) in [5.74, 6) is -1.05. The third kappa shape index (κ3) is 5.53. The molecule has 166 valence electrons. The van der Waals surface area contributed by atoms with E-state index >= 15 is 0 Å². The van der Waals surface area contributed by atoms with Crippen LogP contribution in [-0.4, -0.2) is 33.4 Å². The second kappa shape index (κ2) is 10.1. The predicted octanol–water partition coefficient (Wildman–Crippen LogP) is 4.01. The molecular formula is C24H24N2O5S. The van der Waals surface area contributed by atoms with Crippen LogP contribution < -0.4 is 9.62 Å². The molecule has 0 saturated heterocycles. The fourth-order valence-corrected chi connectivity index (χ4v) is 4.52. The second-order valence-electron chi connectivity index (χ2n) is 7.01. The minimum absolute atomic E-state index is 0.0821. The van der Waals surface area contributed by atoms with E-state index < -0.39 is 28.4 Å². The van der Waals surface area contributed by atoms with Gasteiger partial charge in [0.15, 0.2) is 0 Å². The number of nitrogens with zero attached hydrogens (tertiary/aromatic N) is 1. The number of aryl methyl sites for hydroxylation is 1. The lowest BCUT2D eigenvalue weighted by Gasteiger charge is -2.24. The molecule has 0 fully saturated rings. The Labute approximate surface area is 187 Å². The molecule has 3 aromatic carbocycles. The monoisotopic (exact) mass is 452 g/mol. The number of anilines is 2. The Kier molecular flexibility index (Phi) is 7.27. The van der Waals surface area contributed by atoms with Gasteiger partial charge in [0.2, 0.25) is 5.91 Å². The number of benzene rings is 3. The lowest BCUT2D eigenvalue weighted by atomic mass is 10.2. The van der Waals surface area contributed by atoms with Gasteiger partial charge in [0, 0.05) is 5.69 Å². The van der Waals surface area contributed by atoms with Gasteiger partial charge in [-0.2, -0.15) is 0 Å². The van der Waals surface area contributed by atoms with E-state index in [4.69, 9.17) is 4.74 Å². The summed E-state index contributed by atoms with van der Waals surface area (Å²) in [6, 6.07) is 21.2. The lowest BCUT2D eigenvalue weighted by Crippen LogP contribution is -2.38. The van der Waals surface area contributed by atoms with E-state index in [1.54, 1.807) is 61.5 Å². The normalized spacial score (nSPS) is 10.9. The average Bonchev–Trinajstić information content (AvgIpc) is 2.78. The highest BCUT2D eigenvalue weighted by Crippen LogP contribution is 2.24. The Bertz CT molecular complexity index is 1210. The third-order valence-electron chi connectivity index (χ3n) is 4.57. The maximum atomic E-state index is 13.3. The van der Waals surface area contributed by atoms with Crippen LogP contribution in [-0.2, 0) is 19.6 Å². The van der Waals surface area contributed by atoms with E-state index in [2.05, 4.69) is 5.32 Å². The summed E-state index contributed by atoms with van der Waals surface area (Å²) in [6.45, 7) is 3.34. The number of nitrogens with one attached hydrogen (secondary N) is 1. The molecule has 0 spiro atoms. The zero-order chi connectivity index (χ0) is 23.1. The molecule has 7 nitrogen and oxygen atoms in total. The van der Waals surface area contributed by atoms with Crippen LogP contribution in [0.3, 0.4) is 0 Å². The number of hydrogen-bond donors (Lipinski definition) is 1. The van der Waals surface area contributed by atoms with E-state index in [1.807, 2.05) is 13.0 Å². The molecule has 0 atom stereocenters. The number of rotatable bonds is 8. The molecule has 0 radical (unpaired) electrons.